The molecule has 0 amide bonds. The highest BCUT2D eigenvalue weighted by Crippen LogP contribution is 2.27. The van der Waals surface area contributed by atoms with E-state index in [0.717, 1.165) is 16.1 Å². The Morgan fingerprint density at radius 2 is 2.07 bits per heavy atom. The summed E-state index contributed by atoms with van der Waals surface area (Å²) in [5.41, 5.74) is 3.26. The van der Waals surface area contributed by atoms with Gasteiger partial charge in [0, 0.05) is 28.5 Å². The molecule has 0 unspecified atom stereocenters. The number of benzene rings is 1. The number of hydrogen-bond acceptors (Lipinski definition) is 1. The van der Waals surface area contributed by atoms with Crippen LogP contribution < -0.4 is 0 Å². The summed E-state index contributed by atoms with van der Waals surface area (Å²) in [6, 6.07) is 9.95. The quantitative estimate of drug-likeness (QED) is 0.689. The number of hydrogen-bond donors (Lipinski definition) is 0. The Morgan fingerprint density at radius 1 is 1.21 bits per heavy atom. The van der Waals surface area contributed by atoms with Gasteiger partial charge in [-0.3, -0.25) is 4.98 Å². The largest absolute Gasteiger partial charge is 0.264 e. The summed E-state index contributed by atoms with van der Waals surface area (Å²) >= 11 is 6.14. The van der Waals surface area contributed by atoms with Gasteiger partial charge in [-0.2, -0.15) is 0 Å². The molecule has 0 atom stereocenters. The van der Waals surface area contributed by atoms with Crippen molar-refractivity contribution in [1.82, 2.24) is 4.98 Å². The molecule has 0 radical (unpaired) electrons. The summed E-state index contributed by atoms with van der Waals surface area (Å²) in [5, 5.41) is 0.776. The number of pyridine rings is 1. The van der Waals surface area contributed by atoms with E-state index in [1.807, 2.05) is 43.5 Å². The van der Waals surface area contributed by atoms with Crippen molar-refractivity contribution < 1.29 is 0 Å². The van der Waals surface area contributed by atoms with Crippen LogP contribution in [0.4, 0.5) is 0 Å². The normalized spacial score (nSPS) is 10.1. The van der Waals surface area contributed by atoms with E-state index in [2.05, 4.69) is 4.98 Å². The first-order valence-electron chi connectivity index (χ1n) is 4.44. The molecule has 2 aromatic rings. The highest BCUT2D eigenvalue weighted by molar-refractivity contribution is 6.33. The second-order valence-electron chi connectivity index (χ2n) is 3.23. The molecule has 1 aromatic heterocycles. The summed E-state index contributed by atoms with van der Waals surface area (Å²) in [6.07, 6.45) is 3.57. The van der Waals surface area contributed by atoms with Gasteiger partial charge in [-0.15, -0.1) is 0 Å². The van der Waals surface area contributed by atoms with Gasteiger partial charge in [-0.1, -0.05) is 29.8 Å². The zero-order chi connectivity index (χ0) is 9.97. The lowest BCUT2D eigenvalue weighted by atomic mass is 10.1. The van der Waals surface area contributed by atoms with Crippen LogP contribution in [0.5, 0.6) is 0 Å². The third kappa shape index (κ3) is 1.78. The smallest absolute Gasteiger partial charge is 0.0487 e. The monoisotopic (exact) mass is 203 g/mol. The van der Waals surface area contributed by atoms with E-state index in [9.17, 15) is 0 Å². The van der Waals surface area contributed by atoms with E-state index in [4.69, 9.17) is 11.6 Å². The molecule has 0 aliphatic rings. The third-order valence-electron chi connectivity index (χ3n) is 2.10. The van der Waals surface area contributed by atoms with Crippen LogP contribution in [0.3, 0.4) is 0 Å². The molecule has 2 heteroatoms. The minimum atomic E-state index is 0.776. The molecule has 0 saturated carbocycles. The molecule has 0 saturated heterocycles. The molecule has 0 bridgehead atoms. The fraction of sp³-hybridized carbons (Fsp3) is 0.0833. The van der Waals surface area contributed by atoms with Gasteiger partial charge in [-0.25, -0.2) is 0 Å². The second-order valence-corrected chi connectivity index (χ2v) is 3.63. The van der Waals surface area contributed by atoms with Crippen molar-refractivity contribution in [2.45, 2.75) is 6.92 Å². The second kappa shape index (κ2) is 3.81. The van der Waals surface area contributed by atoms with Gasteiger partial charge >= 0.3 is 0 Å². The molecule has 0 N–H and O–H groups in total. The van der Waals surface area contributed by atoms with Crippen molar-refractivity contribution in [2.24, 2.45) is 0 Å². The predicted octanol–water partition coefficient (Wildman–Crippen LogP) is 3.71. The molecule has 70 valence electrons. The maximum absolute atomic E-state index is 6.14. The summed E-state index contributed by atoms with van der Waals surface area (Å²) in [6.45, 7) is 2.03. The van der Waals surface area contributed by atoms with Crippen LogP contribution in [0, 0.1) is 6.92 Å². The predicted molar refractivity (Wildman–Crippen MR) is 59.4 cm³/mol. The summed E-state index contributed by atoms with van der Waals surface area (Å²) < 4.78 is 0. The standard InChI is InChI=1S/C12H10ClN/c1-9-4-5-11(12(13)7-9)10-3-2-6-14-8-10/h2-8H,1H3. The first-order chi connectivity index (χ1) is 6.77. The van der Waals surface area contributed by atoms with Crippen LogP contribution >= 0.6 is 11.6 Å². The van der Waals surface area contributed by atoms with Crippen LogP contribution in [-0.2, 0) is 0 Å². The van der Waals surface area contributed by atoms with E-state index in [0.29, 0.717) is 0 Å². The maximum atomic E-state index is 6.14. The zero-order valence-electron chi connectivity index (χ0n) is 7.87. The van der Waals surface area contributed by atoms with Crippen LogP contribution in [0.25, 0.3) is 11.1 Å². The molecule has 0 aliphatic heterocycles. The fourth-order valence-electron chi connectivity index (χ4n) is 1.38. The van der Waals surface area contributed by atoms with Crippen molar-refractivity contribution in [1.29, 1.82) is 0 Å². The maximum Gasteiger partial charge on any atom is 0.0487 e. The van der Waals surface area contributed by atoms with Gasteiger partial charge in [0.15, 0.2) is 0 Å². The lowest BCUT2D eigenvalue weighted by Crippen LogP contribution is -1.81. The first kappa shape index (κ1) is 9.22. The van der Waals surface area contributed by atoms with Crippen molar-refractivity contribution >= 4 is 11.6 Å². The summed E-state index contributed by atoms with van der Waals surface area (Å²) in [7, 11) is 0. The highest BCUT2D eigenvalue weighted by atomic mass is 35.5. The van der Waals surface area contributed by atoms with Crippen LogP contribution in [0.2, 0.25) is 5.02 Å². The van der Waals surface area contributed by atoms with Gasteiger partial charge < -0.3 is 0 Å². The van der Waals surface area contributed by atoms with E-state index in [-0.39, 0.29) is 0 Å². The molecule has 2 rings (SSSR count). The van der Waals surface area contributed by atoms with Gasteiger partial charge in [0.25, 0.3) is 0 Å². The van der Waals surface area contributed by atoms with Gasteiger partial charge in [0.2, 0.25) is 0 Å². The van der Waals surface area contributed by atoms with Crippen LogP contribution in [0.15, 0.2) is 42.7 Å². The summed E-state index contributed by atoms with van der Waals surface area (Å²) in [5.74, 6) is 0. The van der Waals surface area contributed by atoms with E-state index >= 15 is 0 Å². The Hall–Kier alpha value is -1.34. The SMILES string of the molecule is Cc1ccc(-c2cccnc2)c(Cl)c1. The average molecular weight is 204 g/mol. The molecular formula is C12H10ClN. The van der Waals surface area contributed by atoms with Crippen molar-refractivity contribution in [3.8, 4) is 11.1 Å². The molecule has 1 nitrogen and oxygen atoms in total. The topological polar surface area (TPSA) is 12.9 Å². The van der Waals surface area contributed by atoms with Crippen molar-refractivity contribution in [3.05, 3.63) is 53.3 Å². The molecule has 1 aromatic carbocycles. The lowest BCUT2D eigenvalue weighted by Gasteiger charge is -2.04. The fourth-order valence-corrected chi connectivity index (χ4v) is 1.72. The molecule has 0 fully saturated rings. The minimum Gasteiger partial charge on any atom is -0.264 e. The molecular weight excluding hydrogens is 194 g/mol. The Labute approximate surface area is 88.4 Å². The number of nitrogens with zero attached hydrogens (tertiary/aromatic N) is 1. The van der Waals surface area contributed by atoms with Gasteiger partial charge in [0.05, 0.1) is 0 Å². The molecule has 0 spiro atoms. The summed E-state index contributed by atoms with van der Waals surface area (Å²) in [4.78, 5) is 4.07. The number of aromatic nitrogens is 1. The number of halogens is 1. The highest BCUT2D eigenvalue weighted by Gasteiger charge is 2.02. The number of aryl methyl sites for hydroxylation is 1. The zero-order valence-corrected chi connectivity index (χ0v) is 8.62. The minimum absolute atomic E-state index is 0.776. The molecule has 1 heterocycles. The molecule has 0 aliphatic carbocycles. The van der Waals surface area contributed by atoms with Crippen LogP contribution in [-0.4, -0.2) is 4.98 Å². The number of rotatable bonds is 1. The third-order valence-corrected chi connectivity index (χ3v) is 2.41. The Balaban J connectivity index is 2.53. The molecule has 14 heavy (non-hydrogen) atoms. The lowest BCUT2D eigenvalue weighted by molar-refractivity contribution is 1.33. The Morgan fingerprint density at radius 3 is 2.71 bits per heavy atom. The van der Waals surface area contributed by atoms with E-state index in [1.165, 1.54) is 5.56 Å². The van der Waals surface area contributed by atoms with Crippen molar-refractivity contribution in [2.75, 3.05) is 0 Å². The van der Waals surface area contributed by atoms with E-state index in [1.54, 1.807) is 6.20 Å². The van der Waals surface area contributed by atoms with Gasteiger partial charge in [-0.05, 0) is 24.6 Å². The Bertz CT molecular complexity index is 437. The Kier molecular flexibility index (Phi) is 2.51. The van der Waals surface area contributed by atoms with Gasteiger partial charge in [0.1, 0.15) is 0 Å². The average Bonchev–Trinajstić information content (AvgIpc) is 2.19. The van der Waals surface area contributed by atoms with Crippen LogP contribution in [0.1, 0.15) is 5.56 Å². The first-order valence-corrected chi connectivity index (χ1v) is 4.82. The van der Waals surface area contributed by atoms with Crippen molar-refractivity contribution in [3.63, 3.8) is 0 Å². The van der Waals surface area contributed by atoms with E-state index < -0.39 is 0 Å².